The summed E-state index contributed by atoms with van der Waals surface area (Å²) in [5, 5.41) is 9.30. The van der Waals surface area contributed by atoms with Gasteiger partial charge in [-0.05, 0) is 18.4 Å². The molecule has 0 radical (unpaired) electrons. The molecule has 2 rings (SSSR count). The smallest absolute Gasteiger partial charge is 0.0591 e. The molecule has 0 aliphatic heterocycles. The van der Waals surface area contributed by atoms with E-state index >= 15 is 0 Å². The molecule has 0 saturated heterocycles. The third kappa shape index (κ3) is 1.80. The highest BCUT2D eigenvalue weighted by Crippen LogP contribution is 2.42. The third-order valence-corrected chi connectivity index (χ3v) is 3.75. The molecule has 0 heterocycles. The van der Waals surface area contributed by atoms with Crippen molar-refractivity contribution in [1.82, 2.24) is 0 Å². The number of hydrogen-bond donors (Lipinski definition) is 2. The fourth-order valence-corrected chi connectivity index (χ4v) is 2.82. The second-order valence-electron chi connectivity index (χ2n) is 4.52. The summed E-state index contributed by atoms with van der Waals surface area (Å²) in [6, 6.07) is 10.3. The number of benzene rings is 1. The van der Waals surface area contributed by atoms with Crippen LogP contribution in [0.5, 0.6) is 0 Å². The largest absolute Gasteiger partial charge is 0.395 e. The zero-order valence-corrected chi connectivity index (χ0v) is 9.02. The number of aliphatic hydroxyl groups excluding tert-OH is 1. The summed E-state index contributed by atoms with van der Waals surface area (Å²) < 4.78 is 0. The van der Waals surface area contributed by atoms with Crippen LogP contribution in [-0.4, -0.2) is 17.8 Å². The monoisotopic (exact) mass is 205 g/mol. The van der Waals surface area contributed by atoms with Crippen molar-refractivity contribution in [2.45, 2.75) is 37.1 Å². The molecule has 15 heavy (non-hydrogen) atoms. The molecule has 1 aliphatic rings. The van der Waals surface area contributed by atoms with Crippen molar-refractivity contribution < 1.29 is 5.11 Å². The minimum absolute atomic E-state index is 0.0238. The van der Waals surface area contributed by atoms with Crippen molar-refractivity contribution in [2.75, 3.05) is 6.61 Å². The van der Waals surface area contributed by atoms with Crippen LogP contribution in [0.2, 0.25) is 0 Å². The predicted molar refractivity (Wildman–Crippen MR) is 61.6 cm³/mol. The maximum Gasteiger partial charge on any atom is 0.0591 e. The normalized spacial score (nSPS) is 21.5. The number of nitrogens with two attached hydrogens (primary N) is 1. The van der Waals surface area contributed by atoms with Gasteiger partial charge in [0, 0.05) is 11.5 Å². The van der Waals surface area contributed by atoms with E-state index in [1.54, 1.807) is 0 Å². The summed E-state index contributed by atoms with van der Waals surface area (Å²) in [6.45, 7) is 0.0783. The van der Waals surface area contributed by atoms with Crippen LogP contribution >= 0.6 is 0 Å². The van der Waals surface area contributed by atoms with Gasteiger partial charge in [-0.25, -0.2) is 0 Å². The lowest BCUT2D eigenvalue weighted by atomic mass is 9.73. The lowest BCUT2D eigenvalue weighted by Crippen LogP contribution is -2.46. The van der Waals surface area contributed by atoms with Gasteiger partial charge >= 0.3 is 0 Å². The Kier molecular flexibility index (Phi) is 3.08. The summed E-state index contributed by atoms with van der Waals surface area (Å²) >= 11 is 0. The lowest BCUT2D eigenvalue weighted by molar-refractivity contribution is 0.203. The molecule has 2 nitrogen and oxygen atoms in total. The Hall–Kier alpha value is -0.860. The highest BCUT2D eigenvalue weighted by atomic mass is 16.3. The molecule has 0 bridgehead atoms. The molecular weight excluding hydrogens is 186 g/mol. The standard InChI is InChI=1S/C13H19NO/c14-12(10-15)13(8-4-5-9-13)11-6-2-1-3-7-11/h1-3,6-7,12,15H,4-5,8-10,14H2. The van der Waals surface area contributed by atoms with Gasteiger partial charge in [0.2, 0.25) is 0 Å². The van der Waals surface area contributed by atoms with Crippen molar-refractivity contribution in [3.8, 4) is 0 Å². The van der Waals surface area contributed by atoms with E-state index in [0.717, 1.165) is 12.8 Å². The summed E-state index contributed by atoms with van der Waals surface area (Å²) in [5.74, 6) is 0. The van der Waals surface area contributed by atoms with Gasteiger partial charge in [0.05, 0.1) is 6.61 Å². The molecule has 1 aliphatic carbocycles. The topological polar surface area (TPSA) is 46.2 Å². The molecule has 1 unspecified atom stereocenters. The highest BCUT2D eigenvalue weighted by molar-refractivity contribution is 5.29. The van der Waals surface area contributed by atoms with Gasteiger partial charge in [-0.3, -0.25) is 0 Å². The molecule has 1 saturated carbocycles. The van der Waals surface area contributed by atoms with E-state index in [0.29, 0.717) is 0 Å². The van der Waals surface area contributed by atoms with E-state index in [1.165, 1.54) is 18.4 Å². The van der Waals surface area contributed by atoms with E-state index in [9.17, 15) is 5.11 Å². The zero-order chi connectivity index (χ0) is 10.7. The van der Waals surface area contributed by atoms with Gasteiger partial charge in [-0.1, -0.05) is 43.2 Å². The molecule has 2 heteroatoms. The first-order valence-electron chi connectivity index (χ1n) is 5.71. The molecule has 3 N–H and O–H groups in total. The first kappa shape index (κ1) is 10.7. The van der Waals surface area contributed by atoms with E-state index in [4.69, 9.17) is 5.73 Å². The summed E-state index contributed by atoms with van der Waals surface area (Å²) in [6.07, 6.45) is 4.67. The number of rotatable bonds is 3. The van der Waals surface area contributed by atoms with Crippen LogP contribution in [-0.2, 0) is 5.41 Å². The van der Waals surface area contributed by atoms with E-state index in [2.05, 4.69) is 24.3 Å². The lowest BCUT2D eigenvalue weighted by Gasteiger charge is -2.34. The third-order valence-electron chi connectivity index (χ3n) is 3.75. The Morgan fingerprint density at radius 3 is 2.33 bits per heavy atom. The molecule has 0 amide bonds. The van der Waals surface area contributed by atoms with Crippen LogP contribution in [0.15, 0.2) is 30.3 Å². The molecule has 1 fully saturated rings. The molecule has 0 spiro atoms. The van der Waals surface area contributed by atoms with Crippen molar-refractivity contribution >= 4 is 0 Å². The van der Waals surface area contributed by atoms with Gasteiger partial charge in [-0.15, -0.1) is 0 Å². The van der Waals surface area contributed by atoms with Crippen molar-refractivity contribution in [1.29, 1.82) is 0 Å². The predicted octanol–water partition coefficient (Wildman–Crippen LogP) is 1.82. The van der Waals surface area contributed by atoms with Gasteiger partial charge in [0.1, 0.15) is 0 Å². The Morgan fingerprint density at radius 2 is 1.80 bits per heavy atom. The van der Waals surface area contributed by atoms with Gasteiger partial charge < -0.3 is 10.8 Å². The number of aliphatic hydroxyl groups is 1. The molecule has 1 atom stereocenters. The fourth-order valence-electron chi connectivity index (χ4n) is 2.82. The molecular formula is C13H19NO. The zero-order valence-electron chi connectivity index (χ0n) is 9.02. The van der Waals surface area contributed by atoms with Gasteiger partial charge in [0.15, 0.2) is 0 Å². The highest BCUT2D eigenvalue weighted by Gasteiger charge is 2.40. The van der Waals surface area contributed by atoms with Crippen molar-refractivity contribution in [2.24, 2.45) is 5.73 Å². The summed E-state index contributed by atoms with van der Waals surface area (Å²) in [4.78, 5) is 0. The van der Waals surface area contributed by atoms with Gasteiger partial charge in [0.25, 0.3) is 0 Å². The van der Waals surface area contributed by atoms with Crippen LogP contribution in [0.25, 0.3) is 0 Å². The van der Waals surface area contributed by atoms with Crippen molar-refractivity contribution in [3.05, 3.63) is 35.9 Å². The fraction of sp³-hybridized carbons (Fsp3) is 0.538. The Bertz CT molecular complexity index is 304. The second kappa shape index (κ2) is 4.33. The van der Waals surface area contributed by atoms with Crippen molar-refractivity contribution in [3.63, 3.8) is 0 Å². The van der Waals surface area contributed by atoms with Crippen LogP contribution in [0.1, 0.15) is 31.2 Å². The minimum atomic E-state index is -0.123. The molecule has 0 aromatic heterocycles. The Balaban J connectivity index is 2.35. The first-order valence-corrected chi connectivity index (χ1v) is 5.71. The second-order valence-corrected chi connectivity index (χ2v) is 4.52. The number of hydrogen-bond acceptors (Lipinski definition) is 2. The molecule has 1 aromatic carbocycles. The van der Waals surface area contributed by atoms with E-state index in [1.807, 2.05) is 6.07 Å². The summed E-state index contributed by atoms with van der Waals surface area (Å²) in [5.41, 5.74) is 7.41. The minimum Gasteiger partial charge on any atom is -0.395 e. The maximum atomic E-state index is 9.30. The first-order chi connectivity index (χ1) is 7.29. The van der Waals surface area contributed by atoms with E-state index < -0.39 is 0 Å². The van der Waals surface area contributed by atoms with Crippen LogP contribution in [0.4, 0.5) is 0 Å². The maximum absolute atomic E-state index is 9.30. The molecule has 1 aromatic rings. The molecule has 82 valence electrons. The average molecular weight is 205 g/mol. The van der Waals surface area contributed by atoms with Crippen LogP contribution in [0, 0.1) is 0 Å². The van der Waals surface area contributed by atoms with E-state index in [-0.39, 0.29) is 18.1 Å². The van der Waals surface area contributed by atoms with Crippen LogP contribution in [0.3, 0.4) is 0 Å². The SMILES string of the molecule is NC(CO)C1(c2ccccc2)CCCC1. The average Bonchev–Trinajstić information content (AvgIpc) is 2.79. The quantitative estimate of drug-likeness (QED) is 0.790. The summed E-state index contributed by atoms with van der Waals surface area (Å²) in [7, 11) is 0. The van der Waals surface area contributed by atoms with Crippen LogP contribution < -0.4 is 5.73 Å². The Morgan fingerprint density at radius 1 is 1.20 bits per heavy atom. The Labute approximate surface area is 91.1 Å². The van der Waals surface area contributed by atoms with Gasteiger partial charge in [-0.2, -0.15) is 0 Å².